The quantitative estimate of drug-likeness (QED) is 0.872. The largest absolute Gasteiger partial charge is 0.341 e. The molecular formula is C19H28ClN3O2. The lowest BCUT2D eigenvalue weighted by molar-refractivity contribution is -0.139. The summed E-state index contributed by atoms with van der Waals surface area (Å²) >= 11 is 5.84. The third-order valence-corrected chi connectivity index (χ3v) is 4.97. The Labute approximate surface area is 155 Å². The van der Waals surface area contributed by atoms with Crippen LogP contribution >= 0.6 is 11.6 Å². The lowest BCUT2D eigenvalue weighted by atomic mass is 9.91. The molecule has 25 heavy (non-hydrogen) atoms. The fourth-order valence-electron chi connectivity index (χ4n) is 3.39. The number of rotatable bonds is 5. The van der Waals surface area contributed by atoms with Crippen LogP contribution in [0.3, 0.4) is 0 Å². The summed E-state index contributed by atoms with van der Waals surface area (Å²) in [4.78, 5) is 28.7. The van der Waals surface area contributed by atoms with Crippen molar-refractivity contribution in [3.8, 4) is 0 Å². The van der Waals surface area contributed by atoms with Crippen LogP contribution in [0.15, 0.2) is 24.3 Å². The van der Waals surface area contributed by atoms with Gasteiger partial charge in [0, 0.05) is 23.8 Å². The highest BCUT2D eigenvalue weighted by molar-refractivity contribution is 6.30. The molecule has 0 bridgehead atoms. The monoisotopic (exact) mass is 365 g/mol. The average Bonchev–Trinajstić information content (AvgIpc) is 2.54. The van der Waals surface area contributed by atoms with E-state index in [1.165, 1.54) is 0 Å². The second-order valence-electron chi connectivity index (χ2n) is 7.34. The number of likely N-dealkylation sites (tertiary alicyclic amines) is 1. The molecule has 1 fully saturated rings. The van der Waals surface area contributed by atoms with Gasteiger partial charge in [0.1, 0.15) is 0 Å². The summed E-state index contributed by atoms with van der Waals surface area (Å²) in [5.41, 5.74) is 0.695. The molecule has 5 nitrogen and oxygen atoms in total. The molecule has 1 saturated heterocycles. The van der Waals surface area contributed by atoms with Gasteiger partial charge in [-0.15, -0.1) is 0 Å². The van der Waals surface area contributed by atoms with Gasteiger partial charge in [-0.2, -0.15) is 0 Å². The Kier molecular flexibility index (Phi) is 6.85. The minimum atomic E-state index is -0.325. The SMILES string of the molecule is C[C@H]1C[C@H](C)CN(C(=O)[C@@H](C)N(C)CC(=O)Nc2ccc(Cl)cc2)C1. The van der Waals surface area contributed by atoms with Crippen LogP contribution in [0.5, 0.6) is 0 Å². The average molecular weight is 366 g/mol. The third-order valence-electron chi connectivity index (χ3n) is 4.72. The molecule has 2 rings (SSSR count). The molecule has 0 aromatic heterocycles. The Morgan fingerprint density at radius 2 is 1.80 bits per heavy atom. The number of nitrogens with one attached hydrogen (secondary N) is 1. The van der Waals surface area contributed by atoms with E-state index in [1.54, 1.807) is 36.2 Å². The number of hydrogen-bond acceptors (Lipinski definition) is 3. The second-order valence-corrected chi connectivity index (χ2v) is 7.77. The van der Waals surface area contributed by atoms with Crippen molar-refractivity contribution in [1.82, 2.24) is 9.80 Å². The van der Waals surface area contributed by atoms with E-state index in [0.717, 1.165) is 19.5 Å². The van der Waals surface area contributed by atoms with E-state index >= 15 is 0 Å². The maximum Gasteiger partial charge on any atom is 0.239 e. The molecule has 1 aromatic carbocycles. The maximum atomic E-state index is 12.7. The minimum Gasteiger partial charge on any atom is -0.341 e. The number of carbonyl (C=O) groups is 2. The molecule has 1 aliphatic rings. The minimum absolute atomic E-state index is 0.0974. The van der Waals surface area contributed by atoms with E-state index in [2.05, 4.69) is 19.2 Å². The Morgan fingerprint density at radius 1 is 1.24 bits per heavy atom. The zero-order valence-electron chi connectivity index (χ0n) is 15.5. The van der Waals surface area contributed by atoms with Gasteiger partial charge in [0.05, 0.1) is 12.6 Å². The van der Waals surface area contributed by atoms with Crippen LogP contribution in [-0.4, -0.2) is 54.3 Å². The van der Waals surface area contributed by atoms with Crippen LogP contribution in [0, 0.1) is 11.8 Å². The van der Waals surface area contributed by atoms with Crippen LogP contribution in [0.4, 0.5) is 5.69 Å². The number of nitrogens with zero attached hydrogens (tertiary/aromatic N) is 2. The number of likely N-dealkylation sites (N-methyl/N-ethyl adjacent to an activating group) is 1. The van der Waals surface area contributed by atoms with Crippen LogP contribution < -0.4 is 5.32 Å². The van der Waals surface area contributed by atoms with Crippen molar-refractivity contribution in [1.29, 1.82) is 0 Å². The fourth-order valence-corrected chi connectivity index (χ4v) is 3.52. The van der Waals surface area contributed by atoms with Gasteiger partial charge in [-0.1, -0.05) is 25.4 Å². The summed E-state index contributed by atoms with van der Waals surface area (Å²) in [6, 6.07) is 6.64. The molecule has 3 atom stereocenters. The van der Waals surface area contributed by atoms with E-state index in [1.807, 2.05) is 11.8 Å². The van der Waals surface area contributed by atoms with E-state index in [4.69, 9.17) is 11.6 Å². The highest BCUT2D eigenvalue weighted by Crippen LogP contribution is 2.22. The second kappa shape index (κ2) is 8.68. The molecule has 6 heteroatoms. The zero-order valence-corrected chi connectivity index (χ0v) is 16.2. The van der Waals surface area contributed by atoms with Gasteiger partial charge in [-0.3, -0.25) is 14.5 Å². The summed E-state index contributed by atoms with van der Waals surface area (Å²) in [7, 11) is 1.81. The van der Waals surface area contributed by atoms with Crippen LogP contribution in [0.1, 0.15) is 27.2 Å². The Hall–Kier alpha value is -1.59. The van der Waals surface area contributed by atoms with E-state index in [0.29, 0.717) is 22.5 Å². The molecule has 0 saturated carbocycles. The van der Waals surface area contributed by atoms with Gasteiger partial charge < -0.3 is 10.2 Å². The third kappa shape index (κ3) is 5.72. The fraction of sp³-hybridized carbons (Fsp3) is 0.579. The number of anilines is 1. The van der Waals surface area contributed by atoms with Crippen molar-refractivity contribution in [2.45, 2.75) is 33.2 Å². The van der Waals surface area contributed by atoms with Gasteiger partial charge in [0.2, 0.25) is 11.8 Å². The van der Waals surface area contributed by atoms with Gasteiger partial charge in [-0.25, -0.2) is 0 Å². The van der Waals surface area contributed by atoms with Crippen LogP contribution in [0.2, 0.25) is 5.02 Å². The van der Waals surface area contributed by atoms with Crippen molar-refractivity contribution in [2.24, 2.45) is 11.8 Å². The Bertz CT molecular complexity index is 595. The van der Waals surface area contributed by atoms with Crippen molar-refractivity contribution >= 4 is 29.1 Å². The van der Waals surface area contributed by atoms with Crippen LogP contribution in [-0.2, 0) is 9.59 Å². The van der Waals surface area contributed by atoms with E-state index < -0.39 is 0 Å². The molecule has 0 radical (unpaired) electrons. The smallest absolute Gasteiger partial charge is 0.239 e. The first-order chi connectivity index (χ1) is 11.8. The molecule has 138 valence electrons. The topological polar surface area (TPSA) is 52.7 Å². The molecule has 1 heterocycles. The highest BCUT2D eigenvalue weighted by Gasteiger charge is 2.30. The first-order valence-electron chi connectivity index (χ1n) is 8.80. The van der Waals surface area contributed by atoms with Crippen molar-refractivity contribution in [3.63, 3.8) is 0 Å². The summed E-state index contributed by atoms with van der Waals surface area (Å²) in [6.45, 7) is 8.00. The van der Waals surface area contributed by atoms with Crippen molar-refractivity contribution in [2.75, 3.05) is 32.0 Å². The van der Waals surface area contributed by atoms with Crippen molar-refractivity contribution < 1.29 is 9.59 Å². The van der Waals surface area contributed by atoms with Gasteiger partial charge in [0.25, 0.3) is 0 Å². The molecule has 1 aliphatic heterocycles. The van der Waals surface area contributed by atoms with Gasteiger partial charge in [0.15, 0.2) is 0 Å². The normalized spacial score (nSPS) is 21.9. The summed E-state index contributed by atoms with van der Waals surface area (Å²) < 4.78 is 0. The van der Waals surface area contributed by atoms with Gasteiger partial charge in [-0.05, 0) is 56.5 Å². The lowest BCUT2D eigenvalue weighted by Crippen LogP contribution is -2.51. The number of halogens is 1. The predicted octanol–water partition coefficient (Wildman–Crippen LogP) is 3.10. The lowest BCUT2D eigenvalue weighted by Gasteiger charge is -2.38. The Balaban J connectivity index is 1.88. The standard InChI is InChI=1S/C19H28ClN3O2/c1-13-9-14(2)11-23(10-13)19(25)15(3)22(4)12-18(24)21-17-7-5-16(20)6-8-17/h5-8,13-15H,9-12H2,1-4H3,(H,21,24)/t13-,14-,15+/m0/s1. The molecule has 1 aromatic rings. The zero-order chi connectivity index (χ0) is 18.6. The predicted molar refractivity (Wildman–Crippen MR) is 102 cm³/mol. The van der Waals surface area contributed by atoms with Crippen molar-refractivity contribution in [3.05, 3.63) is 29.3 Å². The molecule has 1 N–H and O–H groups in total. The summed E-state index contributed by atoms with van der Waals surface area (Å²) in [6.07, 6.45) is 1.16. The molecule has 0 spiro atoms. The van der Waals surface area contributed by atoms with E-state index in [-0.39, 0.29) is 24.4 Å². The first-order valence-corrected chi connectivity index (χ1v) is 9.18. The van der Waals surface area contributed by atoms with Crippen LogP contribution in [0.25, 0.3) is 0 Å². The summed E-state index contributed by atoms with van der Waals surface area (Å²) in [5.74, 6) is 1.00. The maximum absolute atomic E-state index is 12.7. The molecular weight excluding hydrogens is 338 g/mol. The first kappa shape index (κ1) is 19.7. The number of benzene rings is 1. The molecule has 2 amide bonds. The molecule has 0 unspecified atom stereocenters. The number of carbonyl (C=O) groups excluding carboxylic acids is 2. The molecule has 0 aliphatic carbocycles. The Morgan fingerprint density at radius 3 is 2.36 bits per heavy atom. The number of piperidine rings is 1. The number of amides is 2. The van der Waals surface area contributed by atoms with Gasteiger partial charge >= 0.3 is 0 Å². The van der Waals surface area contributed by atoms with E-state index in [9.17, 15) is 9.59 Å². The number of hydrogen-bond donors (Lipinski definition) is 1. The highest BCUT2D eigenvalue weighted by atomic mass is 35.5. The summed E-state index contributed by atoms with van der Waals surface area (Å²) in [5, 5.41) is 3.45.